The van der Waals surface area contributed by atoms with Crippen LogP contribution in [-0.2, 0) is 6.54 Å². The lowest BCUT2D eigenvalue weighted by Gasteiger charge is -2.26. The molecule has 2 N–H and O–H groups in total. The van der Waals surface area contributed by atoms with E-state index < -0.39 is 0 Å². The van der Waals surface area contributed by atoms with Gasteiger partial charge < -0.3 is 24.5 Å². The number of likely N-dealkylation sites (tertiary alicyclic amines) is 1. The molecule has 170 valence electrons. The van der Waals surface area contributed by atoms with Crippen LogP contribution in [0.25, 0.3) is 0 Å². The first-order valence-corrected chi connectivity index (χ1v) is 11.0. The highest BCUT2D eigenvalue weighted by molar-refractivity contribution is 14.0. The number of benzene rings is 1. The maximum absolute atomic E-state index is 5.80. The third kappa shape index (κ3) is 6.52. The Hall–Kier alpha value is -1.94. The number of nitrogens with one attached hydrogen (secondary N) is 2. The average molecular weight is 540 g/mol. The highest BCUT2D eigenvalue weighted by Gasteiger charge is 2.25. The Morgan fingerprint density at radius 2 is 1.87 bits per heavy atom. The average Bonchev–Trinajstić information content (AvgIpc) is 3.44. The fourth-order valence-corrected chi connectivity index (χ4v) is 3.96. The normalized spacial score (nSPS) is 17.5. The van der Waals surface area contributed by atoms with Crippen LogP contribution in [-0.4, -0.2) is 50.3 Å². The monoisotopic (exact) mass is 540 g/mol. The molecule has 1 aromatic carbocycles. The summed E-state index contributed by atoms with van der Waals surface area (Å²) in [7, 11) is 0. The molecule has 1 saturated heterocycles. The maximum atomic E-state index is 5.80. The van der Waals surface area contributed by atoms with Crippen molar-refractivity contribution in [1.82, 2.24) is 15.5 Å². The predicted molar refractivity (Wildman–Crippen MR) is 133 cm³/mol. The van der Waals surface area contributed by atoms with Crippen molar-refractivity contribution in [3.05, 3.63) is 47.9 Å². The molecular formula is C23H33IN4O3. The molecule has 0 bridgehead atoms. The van der Waals surface area contributed by atoms with E-state index in [4.69, 9.17) is 18.9 Å². The van der Waals surface area contributed by atoms with E-state index in [2.05, 4.69) is 34.6 Å². The number of furan rings is 1. The van der Waals surface area contributed by atoms with Gasteiger partial charge in [0, 0.05) is 19.5 Å². The summed E-state index contributed by atoms with van der Waals surface area (Å²) in [6, 6.07) is 10.3. The number of hydrogen-bond donors (Lipinski definition) is 2. The number of aliphatic imine (C=N–C) groups is 1. The Bertz CT molecular complexity index is 822. The molecule has 0 radical (unpaired) electrons. The topological polar surface area (TPSA) is 71.3 Å². The van der Waals surface area contributed by atoms with Gasteiger partial charge in [0.1, 0.15) is 5.76 Å². The molecule has 0 saturated carbocycles. The fourth-order valence-electron chi connectivity index (χ4n) is 3.96. The molecule has 2 aliphatic rings. The van der Waals surface area contributed by atoms with E-state index in [1.807, 2.05) is 18.2 Å². The lowest BCUT2D eigenvalue weighted by Crippen LogP contribution is -2.42. The molecule has 0 amide bonds. The van der Waals surface area contributed by atoms with Gasteiger partial charge in [-0.1, -0.05) is 6.07 Å². The number of hydrogen-bond acceptors (Lipinski definition) is 5. The number of ether oxygens (including phenoxy) is 2. The van der Waals surface area contributed by atoms with Crippen LogP contribution in [0.2, 0.25) is 0 Å². The third-order valence-corrected chi connectivity index (χ3v) is 5.49. The van der Waals surface area contributed by atoms with Crippen LogP contribution in [0.1, 0.15) is 43.6 Å². The summed E-state index contributed by atoms with van der Waals surface area (Å²) in [6.07, 6.45) is 5.15. The van der Waals surface area contributed by atoms with E-state index in [1.54, 1.807) is 6.26 Å². The molecule has 2 aliphatic heterocycles. The van der Waals surface area contributed by atoms with Gasteiger partial charge in [0.25, 0.3) is 0 Å². The van der Waals surface area contributed by atoms with Crippen molar-refractivity contribution in [2.24, 2.45) is 4.99 Å². The van der Waals surface area contributed by atoms with Crippen LogP contribution in [0.15, 0.2) is 46.0 Å². The van der Waals surface area contributed by atoms with Crippen molar-refractivity contribution < 1.29 is 13.9 Å². The standard InChI is InChI=1S/C23H32N4O3.HI/c1-2-24-23(25-16-18-8-9-21-22(15-18)30-14-6-13-29-21)26-17-19(20-7-5-12-28-20)27-10-3-4-11-27;/h5,7-9,12,15,19H,2-4,6,10-11,13-14,16-17H2,1H3,(H2,24,25,26);1H. The van der Waals surface area contributed by atoms with Crippen molar-refractivity contribution in [2.45, 2.75) is 38.8 Å². The molecular weight excluding hydrogens is 507 g/mol. The van der Waals surface area contributed by atoms with Crippen molar-refractivity contribution in [1.29, 1.82) is 0 Å². The van der Waals surface area contributed by atoms with E-state index >= 15 is 0 Å². The predicted octanol–water partition coefficient (Wildman–Crippen LogP) is 3.95. The van der Waals surface area contributed by atoms with Crippen LogP contribution in [0.4, 0.5) is 0 Å². The number of nitrogens with zero attached hydrogens (tertiary/aromatic N) is 2. The number of fused-ring (bicyclic) bond motifs is 1. The fraction of sp³-hybridized carbons (Fsp3) is 0.522. The first-order valence-electron chi connectivity index (χ1n) is 11.0. The minimum Gasteiger partial charge on any atom is -0.490 e. The van der Waals surface area contributed by atoms with Gasteiger partial charge in [-0.05, 0) is 62.7 Å². The summed E-state index contributed by atoms with van der Waals surface area (Å²) >= 11 is 0. The smallest absolute Gasteiger partial charge is 0.191 e. The van der Waals surface area contributed by atoms with Crippen LogP contribution in [0.3, 0.4) is 0 Å². The van der Waals surface area contributed by atoms with Crippen molar-refractivity contribution in [3.8, 4) is 11.5 Å². The van der Waals surface area contributed by atoms with Crippen molar-refractivity contribution >= 4 is 29.9 Å². The molecule has 8 heteroatoms. The van der Waals surface area contributed by atoms with Crippen LogP contribution < -0.4 is 20.1 Å². The molecule has 3 heterocycles. The zero-order valence-corrected chi connectivity index (χ0v) is 20.5. The Balaban J connectivity index is 0.00000272. The van der Waals surface area contributed by atoms with Gasteiger partial charge >= 0.3 is 0 Å². The second-order valence-electron chi connectivity index (χ2n) is 7.68. The Labute approximate surface area is 201 Å². The summed E-state index contributed by atoms with van der Waals surface area (Å²) in [5.41, 5.74) is 1.10. The Kier molecular flexibility index (Phi) is 9.32. The summed E-state index contributed by atoms with van der Waals surface area (Å²) in [4.78, 5) is 7.27. The molecule has 0 spiro atoms. The van der Waals surface area contributed by atoms with Crippen LogP contribution in [0, 0.1) is 0 Å². The molecule has 4 rings (SSSR count). The first-order chi connectivity index (χ1) is 14.8. The van der Waals surface area contributed by atoms with E-state index in [0.29, 0.717) is 19.8 Å². The lowest BCUT2D eigenvalue weighted by atomic mass is 10.2. The van der Waals surface area contributed by atoms with Crippen molar-refractivity contribution in [3.63, 3.8) is 0 Å². The van der Waals surface area contributed by atoms with E-state index in [9.17, 15) is 0 Å². The second-order valence-corrected chi connectivity index (χ2v) is 7.68. The lowest BCUT2D eigenvalue weighted by molar-refractivity contribution is 0.215. The molecule has 7 nitrogen and oxygen atoms in total. The summed E-state index contributed by atoms with van der Waals surface area (Å²) < 4.78 is 17.2. The number of guanidine groups is 1. The van der Waals surface area contributed by atoms with Crippen molar-refractivity contribution in [2.75, 3.05) is 39.4 Å². The van der Waals surface area contributed by atoms with E-state index in [1.165, 1.54) is 12.8 Å². The summed E-state index contributed by atoms with van der Waals surface area (Å²) in [5.74, 6) is 3.44. The van der Waals surface area contributed by atoms with Crippen LogP contribution in [0.5, 0.6) is 11.5 Å². The molecule has 31 heavy (non-hydrogen) atoms. The SMILES string of the molecule is CCNC(=NCc1ccc2c(c1)OCCCO2)NCC(c1ccco1)N1CCCC1.I. The second kappa shape index (κ2) is 12.2. The van der Waals surface area contributed by atoms with Gasteiger partial charge in [-0.25, -0.2) is 4.99 Å². The zero-order chi connectivity index (χ0) is 20.6. The van der Waals surface area contributed by atoms with Gasteiger partial charge in [0.05, 0.1) is 32.1 Å². The molecule has 1 unspecified atom stereocenters. The summed E-state index contributed by atoms with van der Waals surface area (Å²) in [5, 5.41) is 6.86. The molecule has 2 aromatic rings. The van der Waals surface area contributed by atoms with Crippen LogP contribution >= 0.6 is 24.0 Å². The molecule has 1 fully saturated rings. The van der Waals surface area contributed by atoms with Gasteiger partial charge in [0.2, 0.25) is 0 Å². The van der Waals surface area contributed by atoms with Gasteiger partial charge in [-0.3, -0.25) is 4.90 Å². The minimum absolute atomic E-state index is 0. The highest BCUT2D eigenvalue weighted by Crippen LogP contribution is 2.30. The third-order valence-electron chi connectivity index (χ3n) is 5.49. The van der Waals surface area contributed by atoms with Gasteiger partial charge in [-0.15, -0.1) is 24.0 Å². The maximum Gasteiger partial charge on any atom is 0.191 e. The summed E-state index contributed by atoms with van der Waals surface area (Å²) in [6.45, 7) is 7.82. The Morgan fingerprint density at radius 3 is 2.61 bits per heavy atom. The zero-order valence-electron chi connectivity index (χ0n) is 18.1. The molecule has 1 aromatic heterocycles. The van der Waals surface area contributed by atoms with E-state index in [-0.39, 0.29) is 30.0 Å². The number of halogens is 1. The highest BCUT2D eigenvalue weighted by atomic mass is 127. The largest absolute Gasteiger partial charge is 0.490 e. The van der Waals surface area contributed by atoms with E-state index in [0.717, 1.165) is 61.4 Å². The molecule has 1 atom stereocenters. The minimum atomic E-state index is 0. The van der Waals surface area contributed by atoms with Gasteiger partial charge in [-0.2, -0.15) is 0 Å². The Morgan fingerprint density at radius 1 is 1.06 bits per heavy atom. The quantitative estimate of drug-likeness (QED) is 0.315. The molecule has 0 aliphatic carbocycles. The first kappa shape index (κ1) is 23.7. The van der Waals surface area contributed by atoms with Gasteiger partial charge in [0.15, 0.2) is 17.5 Å². The number of rotatable bonds is 7.